The van der Waals surface area contributed by atoms with Crippen LogP contribution < -0.4 is 25.6 Å². The number of thiophene rings is 1. The van der Waals surface area contributed by atoms with Crippen LogP contribution in [0.2, 0.25) is 0 Å². The van der Waals surface area contributed by atoms with Gasteiger partial charge in [-0.25, -0.2) is 9.97 Å². The molecule has 1 saturated heterocycles. The second kappa shape index (κ2) is 10.7. The highest BCUT2D eigenvalue weighted by molar-refractivity contribution is 7.17. The Hall–Kier alpha value is -3.47. The average molecular weight is 534 g/mol. The lowest BCUT2D eigenvalue weighted by Gasteiger charge is -2.34. The molecular formula is C28H35N7O2S. The summed E-state index contributed by atoms with van der Waals surface area (Å²) in [6.45, 7) is 7.46. The minimum Gasteiger partial charge on any atom is -0.495 e. The summed E-state index contributed by atoms with van der Waals surface area (Å²) < 4.78 is 5.77. The third-order valence-corrected chi connectivity index (χ3v) is 7.91. The standard InChI is InChI=1S/C28H35N7O2S/c1-17-16-38-26-24(17)25(32-23-8-6-7-22(31-23)28(2,3)36)33-27(34-26)30-19-9-10-20(21(15-19)37-5)35-13-11-18(29-4)12-14-35/h6-10,15-16,18,29,36H,11-14H2,1-5H3,(H2,30,31,32,33,34). The van der Waals surface area contributed by atoms with Gasteiger partial charge in [-0.2, -0.15) is 4.98 Å². The van der Waals surface area contributed by atoms with Crippen LogP contribution in [0.25, 0.3) is 10.2 Å². The molecule has 1 aromatic carbocycles. The first-order valence-electron chi connectivity index (χ1n) is 12.8. The van der Waals surface area contributed by atoms with E-state index in [-0.39, 0.29) is 0 Å². The number of nitrogens with zero attached hydrogens (tertiary/aromatic N) is 4. The summed E-state index contributed by atoms with van der Waals surface area (Å²) in [7, 11) is 3.74. The van der Waals surface area contributed by atoms with Crippen molar-refractivity contribution in [3.05, 3.63) is 53.0 Å². The molecular weight excluding hydrogens is 498 g/mol. The molecule has 0 bridgehead atoms. The van der Waals surface area contributed by atoms with Crippen molar-refractivity contribution >= 4 is 50.5 Å². The molecule has 1 fully saturated rings. The fourth-order valence-corrected chi connectivity index (χ4v) is 5.67. The van der Waals surface area contributed by atoms with Crippen molar-refractivity contribution in [3.8, 4) is 5.75 Å². The Morgan fingerprint density at radius 3 is 2.58 bits per heavy atom. The van der Waals surface area contributed by atoms with Crippen molar-refractivity contribution in [3.63, 3.8) is 0 Å². The van der Waals surface area contributed by atoms with E-state index >= 15 is 0 Å². The number of benzene rings is 1. The van der Waals surface area contributed by atoms with Crippen molar-refractivity contribution < 1.29 is 9.84 Å². The van der Waals surface area contributed by atoms with Gasteiger partial charge in [-0.05, 0) is 75.9 Å². The molecule has 9 nitrogen and oxygen atoms in total. The van der Waals surface area contributed by atoms with Crippen LogP contribution in [0.1, 0.15) is 37.9 Å². The molecule has 1 aliphatic rings. The normalized spacial score (nSPS) is 14.6. The summed E-state index contributed by atoms with van der Waals surface area (Å²) >= 11 is 1.57. The second-order valence-electron chi connectivity index (χ2n) is 10.1. The van der Waals surface area contributed by atoms with Crippen molar-refractivity contribution in [2.24, 2.45) is 0 Å². The molecule has 0 aliphatic carbocycles. The van der Waals surface area contributed by atoms with E-state index in [9.17, 15) is 5.11 Å². The van der Waals surface area contributed by atoms with Crippen molar-refractivity contribution in [2.75, 3.05) is 42.8 Å². The number of aliphatic hydroxyl groups is 1. The minimum atomic E-state index is -1.04. The summed E-state index contributed by atoms with van der Waals surface area (Å²) in [5.74, 6) is 2.56. The first-order valence-corrected chi connectivity index (χ1v) is 13.7. The lowest BCUT2D eigenvalue weighted by molar-refractivity contribution is 0.0740. The number of hydrogen-bond acceptors (Lipinski definition) is 10. The molecule has 0 spiro atoms. The number of anilines is 5. The smallest absolute Gasteiger partial charge is 0.230 e. The van der Waals surface area contributed by atoms with E-state index < -0.39 is 5.60 Å². The molecule has 0 saturated carbocycles. The van der Waals surface area contributed by atoms with Gasteiger partial charge < -0.3 is 30.7 Å². The molecule has 4 N–H and O–H groups in total. The van der Waals surface area contributed by atoms with Crippen LogP contribution in [0.15, 0.2) is 41.8 Å². The van der Waals surface area contributed by atoms with E-state index in [1.807, 2.05) is 44.3 Å². The largest absolute Gasteiger partial charge is 0.495 e. The van der Waals surface area contributed by atoms with E-state index in [1.165, 1.54) is 0 Å². The Labute approximate surface area is 227 Å². The summed E-state index contributed by atoms with van der Waals surface area (Å²) in [6.07, 6.45) is 2.22. The van der Waals surface area contributed by atoms with Crippen LogP contribution >= 0.6 is 11.3 Å². The number of ether oxygens (including phenoxy) is 1. The van der Waals surface area contributed by atoms with Crippen molar-refractivity contribution in [1.82, 2.24) is 20.3 Å². The zero-order valence-electron chi connectivity index (χ0n) is 22.5. The maximum absolute atomic E-state index is 10.4. The zero-order chi connectivity index (χ0) is 26.9. The maximum atomic E-state index is 10.4. The van der Waals surface area contributed by atoms with Gasteiger partial charge in [0.2, 0.25) is 5.95 Å². The molecule has 200 valence electrons. The third kappa shape index (κ3) is 5.52. The van der Waals surface area contributed by atoms with E-state index in [2.05, 4.69) is 37.3 Å². The number of hydrogen-bond donors (Lipinski definition) is 4. The van der Waals surface area contributed by atoms with Crippen LogP contribution in [0.4, 0.5) is 29.0 Å². The molecule has 38 heavy (non-hydrogen) atoms. The number of pyridine rings is 1. The topological polar surface area (TPSA) is 107 Å². The highest BCUT2D eigenvalue weighted by atomic mass is 32.1. The fourth-order valence-electron chi connectivity index (χ4n) is 4.75. The van der Waals surface area contributed by atoms with Crippen LogP contribution in [0.5, 0.6) is 5.75 Å². The van der Waals surface area contributed by atoms with E-state index in [1.54, 1.807) is 32.3 Å². The number of fused-ring (bicyclic) bond motifs is 1. The molecule has 0 atom stereocenters. The number of aromatic nitrogens is 3. The van der Waals surface area contributed by atoms with Gasteiger partial charge in [0.05, 0.1) is 23.9 Å². The van der Waals surface area contributed by atoms with E-state index in [0.717, 1.165) is 58.8 Å². The SMILES string of the molecule is CNC1CCN(c2ccc(Nc3nc(Nc4cccc(C(C)(C)O)n4)c4c(C)csc4n3)cc2OC)CC1. The van der Waals surface area contributed by atoms with Gasteiger partial charge in [0.15, 0.2) is 0 Å². The Morgan fingerprint density at radius 1 is 1.08 bits per heavy atom. The van der Waals surface area contributed by atoms with Crippen molar-refractivity contribution in [1.29, 1.82) is 0 Å². The number of aryl methyl sites for hydroxylation is 1. The Morgan fingerprint density at radius 2 is 1.87 bits per heavy atom. The predicted molar refractivity (Wildman–Crippen MR) is 155 cm³/mol. The molecule has 1 aliphatic heterocycles. The average Bonchev–Trinajstić information content (AvgIpc) is 3.29. The minimum absolute atomic E-state index is 0.477. The Kier molecular flexibility index (Phi) is 7.38. The van der Waals surface area contributed by atoms with Gasteiger partial charge in [-0.15, -0.1) is 11.3 Å². The van der Waals surface area contributed by atoms with Gasteiger partial charge in [0, 0.05) is 30.9 Å². The molecule has 4 heterocycles. The Balaban J connectivity index is 1.42. The molecule has 3 aromatic heterocycles. The maximum Gasteiger partial charge on any atom is 0.230 e. The van der Waals surface area contributed by atoms with Crippen LogP contribution in [0.3, 0.4) is 0 Å². The molecule has 5 rings (SSSR count). The first kappa shape index (κ1) is 26.1. The van der Waals surface area contributed by atoms with Crippen LogP contribution in [-0.4, -0.2) is 53.3 Å². The van der Waals surface area contributed by atoms with E-state index in [0.29, 0.717) is 29.3 Å². The van der Waals surface area contributed by atoms with E-state index in [4.69, 9.17) is 14.7 Å². The lowest BCUT2D eigenvalue weighted by atomic mass is 10.0. The molecule has 0 radical (unpaired) electrons. The van der Waals surface area contributed by atoms with Gasteiger partial charge in [0.25, 0.3) is 0 Å². The molecule has 10 heteroatoms. The highest BCUT2D eigenvalue weighted by Gasteiger charge is 2.22. The first-order chi connectivity index (χ1) is 18.2. The zero-order valence-corrected chi connectivity index (χ0v) is 23.3. The summed E-state index contributed by atoms with van der Waals surface area (Å²) in [6, 6.07) is 12.2. The summed E-state index contributed by atoms with van der Waals surface area (Å²) in [5, 5.41) is 23.5. The Bertz CT molecular complexity index is 1420. The molecule has 4 aromatic rings. The van der Waals surface area contributed by atoms with Crippen LogP contribution in [0, 0.1) is 6.92 Å². The van der Waals surface area contributed by atoms with Gasteiger partial charge in [-0.3, -0.25) is 0 Å². The number of piperidine rings is 1. The van der Waals surface area contributed by atoms with Gasteiger partial charge in [-0.1, -0.05) is 6.07 Å². The van der Waals surface area contributed by atoms with Crippen molar-refractivity contribution in [2.45, 2.75) is 45.3 Å². The highest BCUT2D eigenvalue weighted by Crippen LogP contribution is 2.36. The monoisotopic (exact) mass is 533 g/mol. The molecule has 0 unspecified atom stereocenters. The summed E-state index contributed by atoms with van der Waals surface area (Å²) in [4.78, 5) is 17.4. The summed E-state index contributed by atoms with van der Waals surface area (Å²) in [5.41, 5.74) is 2.56. The number of rotatable bonds is 8. The van der Waals surface area contributed by atoms with Gasteiger partial charge in [0.1, 0.15) is 27.8 Å². The van der Waals surface area contributed by atoms with Gasteiger partial charge >= 0.3 is 0 Å². The predicted octanol–water partition coefficient (Wildman–Crippen LogP) is 5.31. The lowest BCUT2D eigenvalue weighted by Crippen LogP contribution is -2.41. The quantitative estimate of drug-likeness (QED) is 0.240. The number of methoxy groups -OCH3 is 1. The fraction of sp³-hybridized carbons (Fsp3) is 0.393. The second-order valence-corrected chi connectivity index (χ2v) is 11.0. The molecule has 0 amide bonds. The third-order valence-electron chi connectivity index (χ3n) is 6.92. The number of nitrogens with one attached hydrogen (secondary N) is 3. The van der Waals surface area contributed by atoms with Crippen LogP contribution in [-0.2, 0) is 5.60 Å².